The zero-order valence-corrected chi connectivity index (χ0v) is 15.8. The van der Waals surface area contributed by atoms with Gasteiger partial charge in [-0.25, -0.2) is 4.79 Å². The number of aryl methyl sites for hydroxylation is 2. The highest BCUT2D eigenvalue weighted by molar-refractivity contribution is 7.97. The third kappa shape index (κ3) is 3.89. The Balaban J connectivity index is 2.11. The van der Waals surface area contributed by atoms with Gasteiger partial charge in [0.2, 0.25) is 0 Å². The van der Waals surface area contributed by atoms with Crippen LogP contribution in [-0.4, -0.2) is 5.97 Å². The molecule has 0 fully saturated rings. The SMILES string of the molecule is C=CC(=O)Oc1c(C)cc([S+](c2ccccc2)c2ccccc2)cc1C. The fraction of sp³-hybridized carbons (Fsp3) is 0.0870. The maximum Gasteiger partial charge on any atom is 0.335 e. The molecule has 0 unspecified atom stereocenters. The molecule has 0 aliphatic heterocycles. The van der Waals surface area contributed by atoms with Crippen LogP contribution in [-0.2, 0) is 15.7 Å². The summed E-state index contributed by atoms with van der Waals surface area (Å²) in [4.78, 5) is 15.3. The third-order valence-electron chi connectivity index (χ3n) is 4.00. The molecule has 0 aliphatic carbocycles. The summed E-state index contributed by atoms with van der Waals surface area (Å²) < 4.78 is 5.42. The van der Waals surface area contributed by atoms with Crippen molar-refractivity contribution in [3.05, 3.63) is 96.6 Å². The van der Waals surface area contributed by atoms with Crippen LogP contribution in [0, 0.1) is 13.8 Å². The van der Waals surface area contributed by atoms with Gasteiger partial charge in [-0.3, -0.25) is 0 Å². The van der Waals surface area contributed by atoms with Gasteiger partial charge in [0, 0.05) is 18.2 Å². The Kier molecular flexibility index (Phi) is 5.59. The molecule has 3 rings (SSSR count). The van der Waals surface area contributed by atoms with Crippen molar-refractivity contribution in [3.8, 4) is 5.75 Å². The Hall–Kier alpha value is -2.78. The molecule has 0 saturated heterocycles. The fourth-order valence-corrected chi connectivity index (χ4v) is 5.12. The molecule has 0 N–H and O–H groups in total. The van der Waals surface area contributed by atoms with Crippen molar-refractivity contribution in [2.45, 2.75) is 28.5 Å². The minimum absolute atomic E-state index is 0.219. The molecular weight excluding hydrogens is 340 g/mol. The van der Waals surface area contributed by atoms with Crippen LogP contribution in [0.1, 0.15) is 11.1 Å². The van der Waals surface area contributed by atoms with E-state index in [9.17, 15) is 4.79 Å². The van der Waals surface area contributed by atoms with E-state index in [1.54, 1.807) is 0 Å². The zero-order chi connectivity index (χ0) is 18.5. The molecule has 0 aromatic heterocycles. The van der Waals surface area contributed by atoms with E-state index in [2.05, 4.69) is 67.2 Å². The minimum Gasteiger partial charge on any atom is -0.423 e. The number of carbonyl (C=O) groups is 1. The summed E-state index contributed by atoms with van der Waals surface area (Å²) in [5, 5.41) is 0. The van der Waals surface area contributed by atoms with Crippen molar-refractivity contribution in [1.82, 2.24) is 0 Å². The number of hydrogen-bond donors (Lipinski definition) is 0. The molecule has 0 aliphatic rings. The van der Waals surface area contributed by atoms with Gasteiger partial charge < -0.3 is 4.74 Å². The molecule has 26 heavy (non-hydrogen) atoms. The van der Waals surface area contributed by atoms with E-state index >= 15 is 0 Å². The molecule has 3 aromatic carbocycles. The number of rotatable bonds is 5. The summed E-state index contributed by atoms with van der Waals surface area (Å²) in [6, 6.07) is 25.2. The maximum absolute atomic E-state index is 11.6. The molecule has 0 radical (unpaired) electrons. The lowest BCUT2D eigenvalue weighted by Crippen LogP contribution is -2.09. The molecule has 0 saturated carbocycles. The van der Waals surface area contributed by atoms with Gasteiger partial charge in [0.05, 0.1) is 10.9 Å². The molecule has 0 bridgehead atoms. The van der Waals surface area contributed by atoms with Gasteiger partial charge >= 0.3 is 5.97 Å². The van der Waals surface area contributed by atoms with Crippen LogP contribution >= 0.6 is 0 Å². The highest BCUT2D eigenvalue weighted by atomic mass is 32.2. The summed E-state index contributed by atoms with van der Waals surface area (Å²) in [5.74, 6) is 0.178. The second-order valence-corrected chi connectivity index (χ2v) is 7.97. The van der Waals surface area contributed by atoms with Crippen LogP contribution in [0.5, 0.6) is 5.75 Å². The van der Waals surface area contributed by atoms with Gasteiger partial charge in [0.1, 0.15) is 5.75 Å². The molecule has 0 heterocycles. The fourth-order valence-electron chi connectivity index (χ4n) is 2.85. The molecular formula is C23H21O2S+. The Bertz CT molecular complexity index is 855. The van der Waals surface area contributed by atoms with E-state index in [4.69, 9.17) is 4.74 Å². The van der Waals surface area contributed by atoms with Crippen molar-refractivity contribution >= 4 is 16.9 Å². The highest BCUT2D eigenvalue weighted by Gasteiger charge is 2.29. The molecule has 0 spiro atoms. The summed E-state index contributed by atoms with van der Waals surface area (Å²) in [6.45, 7) is 7.41. The largest absolute Gasteiger partial charge is 0.423 e. The van der Waals surface area contributed by atoms with E-state index in [-0.39, 0.29) is 10.9 Å². The smallest absolute Gasteiger partial charge is 0.335 e. The van der Waals surface area contributed by atoms with Gasteiger partial charge in [-0.05, 0) is 49.2 Å². The van der Waals surface area contributed by atoms with E-state index in [0.29, 0.717) is 5.75 Å². The first-order valence-corrected chi connectivity index (χ1v) is 9.62. The predicted molar refractivity (Wildman–Crippen MR) is 107 cm³/mol. The Morgan fingerprint density at radius 2 is 1.31 bits per heavy atom. The number of ether oxygens (including phenoxy) is 1. The van der Waals surface area contributed by atoms with Crippen LogP contribution < -0.4 is 4.74 Å². The summed E-state index contributed by atoms with van der Waals surface area (Å²) in [6.07, 6.45) is 1.19. The quantitative estimate of drug-likeness (QED) is 0.260. The van der Waals surface area contributed by atoms with Gasteiger partial charge in [-0.1, -0.05) is 43.0 Å². The molecule has 2 nitrogen and oxygen atoms in total. The summed E-state index contributed by atoms with van der Waals surface area (Å²) in [7, 11) is -0.219. The topological polar surface area (TPSA) is 26.3 Å². The summed E-state index contributed by atoms with van der Waals surface area (Å²) >= 11 is 0. The maximum atomic E-state index is 11.6. The van der Waals surface area contributed by atoms with Crippen LogP contribution in [0.25, 0.3) is 0 Å². The lowest BCUT2D eigenvalue weighted by molar-refractivity contribution is -0.129. The standard InChI is InChI=1S/C23H21O2S/c1-4-22(24)25-23-17(2)15-21(16-18(23)3)26(19-11-7-5-8-12-19)20-13-9-6-10-14-20/h4-16H,1H2,2-3H3/q+1. The van der Waals surface area contributed by atoms with Gasteiger partial charge in [-0.15, -0.1) is 0 Å². The average Bonchev–Trinajstić information content (AvgIpc) is 2.66. The van der Waals surface area contributed by atoms with Crippen molar-refractivity contribution in [2.24, 2.45) is 0 Å². The van der Waals surface area contributed by atoms with Crippen LogP contribution in [0.3, 0.4) is 0 Å². The first kappa shape index (κ1) is 18.0. The normalized spacial score (nSPS) is 10.6. The van der Waals surface area contributed by atoms with E-state index < -0.39 is 5.97 Å². The van der Waals surface area contributed by atoms with Crippen LogP contribution in [0.4, 0.5) is 0 Å². The van der Waals surface area contributed by atoms with Crippen molar-refractivity contribution < 1.29 is 9.53 Å². The average molecular weight is 361 g/mol. The minimum atomic E-state index is -0.436. The lowest BCUT2D eigenvalue weighted by atomic mass is 10.1. The van der Waals surface area contributed by atoms with Crippen molar-refractivity contribution in [3.63, 3.8) is 0 Å². The first-order chi connectivity index (χ1) is 12.6. The van der Waals surface area contributed by atoms with Crippen molar-refractivity contribution in [1.29, 1.82) is 0 Å². The highest BCUT2D eigenvalue weighted by Crippen LogP contribution is 2.35. The first-order valence-electron chi connectivity index (χ1n) is 8.40. The molecule has 0 amide bonds. The van der Waals surface area contributed by atoms with Crippen LogP contribution in [0.15, 0.2) is 100 Å². The van der Waals surface area contributed by atoms with Gasteiger partial charge in [0.25, 0.3) is 0 Å². The number of hydrogen-bond acceptors (Lipinski definition) is 2. The van der Waals surface area contributed by atoms with E-state index in [1.807, 2.05) is 26.0 Å². The third-order valence-corrected chi connectivity index (χ3v) is 6.19. The van der Waals surface area contributed by atoms with Crippen molar-refractivity contribution in [2.75, 3.05) is 0 Å². The second kappa shape index (κ2) is 8.07. The predicted octanol–water partition coefficient (Wildman–Crippen LogP) is 5.49. The lowest BCUT2D eigenvalue weighted by Gasteiger charge is -2.13. The van der Waals surface area contributed by atoms with E-state index in [0.717, 1.165) is 11.1 Å². The number of carbonyl (C=O) groups excluding carboxylic acids is 1. The van der Waals surface area contributed by atoms with Crippen LogP contribution in [0.2, 0.25) is 0 Å². The molecule has 3 heteroatoms. The Labute approximate surface area is 157 Å². The number of benzene rings is 3. The van der Waals surface area contributed by atoms with Gasteiger partial charge in [-0.2, -0.15) is 0 Å². The Morgan fingerprint density at radius 1 is 0.846 bits per heavy atom. The monoisotopic (exact) mass is 361 g/mol. The number of esters is 1. The zero-order valence-electron chi connectivity index (χ0n) is 14.9. The Morgan fingerprint density at radius 3 is 1.73 bits per heavy atom. The van der Waals surface area contributed by atoms with Gasteiger partial charge in [0.15, 0.2) is 14.7 Å². The molecule has 0 atom stereocenters. The molecule has 130 valence electrons. The van der Waals surface area contributed by atoms with E-state index in [1.165, 1.54) is 20.8 Å². The molecule has 3 aromatic rings. The summed E-state index contributed by atoms with van der Waals surface area (Å²) in [5.41, 5.74) is 1.89. The second-order valence-electron chi connectivity index (χ2n) is 5.94.